The Hall–Kier alpha value is -1.78. The van der Waals surface area contributed by atoms with Crippen molar-refractivity contribution in [3.8, 4) is 5.75 Å². The van der Waals surface area contributed by atoms with E-state index in [0.29, 0.717) is 21.6 Å². The normalized spacial score (nSPS) is 24.8. The predicted octanol–water partition coefficient (Wildman–Crippen LogP) is 1.81. The second-order valence-electron chi connectivity index (χ2n) is 6.17. The Bertz CT molecular complexity index is 917. The number of ether oxygens (including phenoxy) is 1. The van der Waals surface area contributed by atoms with Gasteiger partial charge in [0, 0.05) is 17.4 Å². The number of amidine groups is 1. The zero-order chi connectivity index (χ0) is 19.8. The van der Waals surface area contributed by atoms with Crippen LogP contribution < -0.4 is 9.64 Å². The molecule has 146 valence electrons. The standard InChI is InChI=1S/C16H17ClN2O6S2/c1-25-12-3-2-9(6-10(12)17)19-11-7-27(23,24)8-13(11)26-16(19)18-14(20)4-5-15(21)22/h2-3,6,11,13H,4-5,7-8H2,1H3,(H,21,22)/t11-,13-/m1/s1. The van der Waals surface area contributed by atoms with Gasteiger partial charge in [-0.05, 0) is 18.2 Å². The van der Waals surface area contributed by atoms with Crippen LogP contribution in [0.3, 0.4) is 0 Å². The Morgan fingerprint density at radius 3 is 2.74 bits per heavy atom. The van der Waals surface area contributed by atoms with Gasteiger partial charge in [-0.15, -0.1) is 0 Å². The molecule has 1 aromatic carbocycles. The average molecular weight is 433 g/mol. The van der Waals surface area contributed by atoms with E-state index in [0.717, 1.165) is 0 Å². The lowest BCUT2D eigenvalue weighted by atomic mass is 10.2. The van der Waals surface area contributed by atoms with E-state index < -0.39 is 21.7 Å². The largest absolute Gasteiger partial charge is 0.495 e. The van der Waals surface area contributed by atoms with Crippen LogP contribution in [-0.2, 0) is 19.4 Å². The Morgan fingerprint density at radius 1 is 1.37 bits per heavy atom. The van der Waals surface area contributed by atoms with Gasteiger partial charge in [0.05, 0.1) is 36.1 Å². The van der Waals surface area contributed by atoms with Crippen LogP contribution in [0.1, 0.15) is 12.8 Å². The first-order valence-electron chi connectivity index (χ1n) is 8.03. The highest BCUT2D eigenvalue weighted by atomic mass is 35.5. The van der Waals surface area contributed by atoms with E-state index >= 15 is 0 Å². The van der Waals surface area contributed by atoms with E-state index in [2.05, 4.69) is 4.99 Å². The minimum atomic E-state index is -3.18. The minimum Gasteiger partial charge on any atom is -0.495 e. The van der Waals surface area contributed by atoms with Gasteiger partial charge in [0.15, 0.2) is 15.0 Å². The summed E-state index contributed by atoms with van der Waals surface area (Å²) >= 11 is 7.42. The van der Waals surface area contributed by atoms with E-state index in [1.165, 1.54) is 18.9 Å². The molecule has 1 aromatic rings. The van der Waals surface area contributed by atoms with Gasteiger partial charge >= 0.3 is 5.97 Å². The molecule has 2 fully saturated rings. The summed E-state index contributed by atoms with van der Waals surface area (Å²) in [5.74, 6) is -1.21. The molecule has 0 radical (unpaired) electrons. The molecular weight excluding hydrogens is 416 g/mol. The molecule has 2 saturated heterocycles. The number of rotatable bonds is 5. The van der Waals surface area contributed by atoms with Crippen LogP contribution in [0, 0.1) is 0 Å². The van der Waals surface area contributed by atoms with E-state index in [1.807, 2.05) is 0 Å². The second kappa shape index (κ2) is 7.69. The number of thioether (sulfide) groups is 1. The summed E-state index contributed by atoms with van der Waals surface area (Å²) in [7, 11) is -1.69. The van der Waals surface area contributed by atoms with Gasteiger partial charge in [-0.2, -0.15) is 4.99 Å². The lowest BCUT2D eigenvalue weighted by Gasteiger charge is -2.25. The van der Waals surface area contributed by atoms with Crippen LogP contribution in [0.25, 0.3) is 0 Å². The van der Waals surface area contributed by atoms with E-state index in [9.17, 15) is 18.0 Å². The summed E-state index contributed by atoms with van der Waals surface area (Å²) < 4.78 is 29.2. The van der Waals surface area contributed by atoms with Gasteiger partial charge in [0.25, 0.3) is 0 Å². The number of halogens is 1. The second-order valence-corrected chi connectivity index (χ2v) is 9.94. The molecule has 2 aliphatic heterocycles. The van der Waals surface area contributed by atoms with Crippen LogP contribution in [0.15, 0.2) is 23.2 Å². The number of nitrogens with zero attached hydrogens (tertiary/aromatic N) is 2. The quantitative estimate of drug-likeness (QED) is 0.749. The van der Waals surface area contributed by atoms with Gasteiger partial charge in [0.2, 0.25) is 5.91 Å². The van der Waals surface area contributed by atoms with E-state index in [-0.39, 0.29) is 35.6 Å². The Kier molecular flexibility index (Phi) is 5.68. The van der Waals surface area contributed by atoms with E-state index in [4.69, 9.17) is 21.4 Å². The minimum absolute atomic E-state index is 0.00502. The topological polar surface area (TPSA) is 113 Å². The first kappa shape index (κ1) is 20.0. The highest BCUT2D eigenvalue weighted by Gasteiger charge is 2.49. The number of hydrogen-bond acceptors (Lipinski definition) is 6. The lowest BCUT2D eigenvalue weighted by Crippen LogP contribution is -2.37. The van der Waals surface area contributed by atoms with Crippen LogP contribution in [-0.4, -0.2) is 60.5 Å². The number of carbonyl (C=O) groups excluding carboxylic acids is 1. The maximum absolute atomic E-state index is 12.0. The Labute approximate surface area is 165 Å². The molecule has 0 unspecified atom stereocenters. The molecular formula is C16H17ClN2O6S2. The highest BCUT2D eigenvalue weighted by Crippen LogP contribution is 2.42. The SMILES string of the molecule is COc1ccc(N2C(=NC(=O)CCC(=O)O)S[C@@H]3CS(=O)(=O)C[C@H]32)cc1Cl. The molecule has 11 heteroatoms. The van der Waals surface area contributed by atoms with Crippen molar-refractivity contribution >= 4 is 55.9 Å². The smallest absolute Gasteiger partial charge is 0.303 e. The molecule has 1 N–H and O–H groups in total. The number of aliphatic imine (C=N–C) groups is 1. The highest BCUT2D eigenvalue weighted by molar-refractivity contribution is 8.16. The van der Waals surface area contributed by atoms with Gasteiger partial charge in [-0.3, -0.25) is 9.59 Å². The third-order valence-corrected chi connectivity index (χ3v) is 7.76. The fraction of sp³-hybridized carbons (Fsp3) is 0.438. The fourth-order valence-electron chi connectivity index (χ4n) is 3.05. The van der Waals surface area contributed by atoms with Crippen molar-refractivity contribution in [2.45, 2.75) is 24.1 Å². The van der Waals surface area contributed by atoms with Gasteiger partial charge in [-0.1, -0.05) is 23.4 Å². The number of sulfone groups is 1. The summed E-state index contributed by atoms with van der Waals surface area (Å²) in [6.45, 7) is 0. The number of carbonyl (C=O) groups is 2. The number of benzene rings is 1. The monoisotopic (exact) mass is 432 g/mol. The number of amides is 1. The van der Waals surface area contributed by atoms with Gasteiger partial charge in [0.1, 0.15) is 5.75 Å². The zero-order valence-electron chi connectivity index (χ0n) is 14.3. The maximum Gasteiger partial charge on any atom is 0.303 e. The molecule has 3 rings (SSSR count). The van der Waals surface area contributed by atoms with Crippen molar-refractivity contribution in [2.24, 2.45) is 4.99 Å². The first-order chi connectivity index (χ1) is 12.7. The molecule has 2 heterocycles. The van der Waals surface area contributed by atoms with Crippen LogP contribution in [0.2, 0.25) is 5.02 Å². The zero-order valence-corrected chi connectivity index (χ0v) is 16.7. The molecule has 2 atom stereocenters. The van der Waals surface area contributed by atoms with Crippen LogP contribution >= 0.6 is 23.4 Å². The van der Waals surface area contributed by atoms with Crippen molar-refractivity contribution in [3.05, 3.63) is 23.2 Å². The van der Waals surface area contributed by atoms with Crippen molar-refractivity contribution in [2.75, 3.05) is 23.5 Å². The molecule has 8 nitrogen and oxygen atoms in total. The molecule has 0 aliphatic carbocycles. The average Bonchev–Trinajstić information content (AvgIpc) is 3.03. The summed E-state index contributed by atoms with van der Waals surface area (Å²) in [6.07, 6.45) is -0.528. The van der Waals surface area contributed by atoms with Gasteiger partial charge < -0.3 is 14.7 Å². The van der Waals surface area contributed by atoms with E-state index in [1.54, 1.807) is 23.1 Å². The van der Waals surface area contributed by atoms with Gasteiger partial charge in [-0.25, -0.2) is 8.42 Å². The maximum atomic E-state index is 12.0. The molecule has 0 bridgehead atoms. The molecule has 0 aromatic heterocycles. The summed E-state index contributed by atoms with van der Waals surface area (Å²) in [5, 5.41) is 9.17. The third kappa shape index (κ3) is 4.39. The number of aliphatic carboxylic acids is 1. The number of methoxy groups -OCH3 is 1. The number of carboxylic acid groups (broad SMARTS) is 1. The number of hydrogen-bond donors (Lipinski definition) is 1. The Morgan fingerprint density at radius 2 is 2.11 bits per heavy atom. The fourth-order valence-corrected chi connectivity index (χ4v) is 7.23. The summed E-state index contributed by atoms with van der Waals surface area (Å²) in [4.78, 5) is 28.4. The molecule has 0 spiro atoms. The molecule has 1 amide bonds. The molecule has 0 saturated carbocycles. The Balaban J connectivity index is 1.94. The van der Waals surface area contributed by atoms with Crippen LogP contribution in [0.4, 0.5) is 5.69 Å². The number of carboxylic acids is 1. The third-order valence-electron chi connectivity index (χ3n) is 4.25. The summed E-state index contributed by atoms with van der Waals surface area (Å²) in [6, 6.07) is 4.64. The predicted molar refractivity (Wildman–Crippen MR) is 104 cm³/mol. The van der Waals surface area contributed by atoms with Crippen molar-refractivity contribution < 1.29 is 27.9 Å². The lowest BCUT2D eigenvalue weighted by molar-refractivity contribution is -0.138. The molecule has 27 heavy (non-hydrogen) atoms. The first-order valence-corrected chi connectivity index (χ1v) is 11.1. The summed E-state index contributed by atoms with van der Waals surface area (Å²) in [5.41, 5.74) is 0.600. The van der Waals surface area contributed by atoms with Crippen LogP contribution in [0.5, 0.6) is 5.75 Å². The number of anilines is 1. The van der Waals surface area contributed by atoms with Crippen molar-refractivity contribution in [1.82, 2.24) is 0 Å². The molecule has 2 aliphatic rings. The van der Waals surface area contributed by atoms with Crippen molar-refractivity contribution in [1.29, 1.82) is 0 Å². The van der Waals surface area contributed by atoms with Crippen molar-refractivity contribution in [3.63, 3.8) is 0 Å². The number of fused-ring (bicyclic) bond motifs is 1.